The summed E-state index contributed by atoms with van der Waals surface area (Å²) in [5.41, 5.74) is 0.920. The summed E-state index contributed by atoms with van der Waals surface area (Å²) in [5.74, 6) is 0.0737. The molecule has 1 aromatic rings. The predicted molar refractivity (Wildman–Crippen MR) is 82.1 cm³/mol. The molecule has 1 rings (SSSR count). The predicted octanol–water partition coefficient (Wildman–Crippen LogP) is 4.51. The van der Waals surface area contributed by atoms with E-state index in [4.69, 9.17) is 10.4 Å². The maximum absolute atomic E-state index is 11.1. The van der Waals surface area contributed by atoms with Gasteiger partial charge in [-0.2, -0.15) is 5.26 Å². The molecule has 0 aromatic heterocycles. The molecule has 0 saturated carbocycles. The normalized spacial score (nSPS) is 11.1. The van der Waals surface area contributed by atoms with Gasteiger partial charge in [0.2, 0.25) is 0 Å². The van der Waals surface area contributed by atoms with Crippen molar-refractivity contribution in [2.75, 3.05) is 5.75 Å². The second kappa shape index (κ2) is 7.35. The largest absolute Gasteiger partial charge is 0.478 e. The lowest BCUT2D eigenvalue weighted by molar-refractivity contribution is 0.0696. The molecule has 0 atom stereocenters. The molecule has 0 aliphatic carbocycles. The molecule has 108 valence electrons. The average Bonchev–Trinajstić information content (AvgIpc) is 2.39. The molecule has 1 aromatic carbocycles. The lowest BCUT2D eigenvalue weighted by atomic mass is 9.89. The lowest BCUT2D eigenvalue weighted by Crippen LogP contribution is -2.07. The topological polar surface area (TPSA) is 61.1 Å². The maximum Gasteiger partial charge on any atom is 0.335 e. The zero-order valence-corrected chi connectivity index (χ0v) is 13.1. The Kier molecular flexibility index (Phi) is 6.09. The van der Waals surface area contributed by atoms with Crippen molar-refractivity contribution < 1.29 is 9.90 Å². The monoisotopic (exact) mass is 291 g/mol. The fourth-order valence-electron chi connectivity index (χ4n) is 1.84. The fourth-order valence-corrected chi connectivity index (χ4v) is 2.79. The number of aromatic carboxylic acids is 1. The molecule has 0 bridgehead atoms. The Morgan fingerprint density at radius 1 is 1.40 bits per heavy atom. The van der Waals surface area contributed by atoms with Gasteiger partial charge < -0.3 is 5.11 Å². The quantitative estimate of drug-likeness (QED) is 0.593. The van der Waals surface area contributed by atoms with Gasteiger partial charge in [-0.05, 0) is 57.1 Å². The van der Waals surface area contributed by atoms with Crippen molar-refractivity contribution in [1.82, 2.24) is 0 Å². The van der Waals surface area contributed by atoms with E-state index in [2.05, 4.69) is 6.07 Å². The summed E-state index contributed by atoms with van der Waals surface area (Å²) in [4.78, 5) is 12.0. The molecule has 0 amide bonds. The van der Waals surface area contributed by atoms with Crippen LogP contribution in [0.5, 0.6) is 0 Å². The fraction of sp³-hybridized carbons (Fsp3) is 0.500. The highest BCUT2D eigenvalue weighted by Gasteiger charge is 2.15. The smallest absolute Gasteiger partial charge is 0.335 e. The Morgan fingerprint density at radius 2 is 2.10 bits per heavy atom. The first kappa shape index (κ1) is 16.6. The molecule has 0 unspecified atom stereocenters. The Balaban J connectivity index is 2.42. The highest BCUT2D eigenvalue weighted by Crippen LogP contribution is 2.25. The molecular weight excluding hydrogens is 270 g/mol. The molecular formula is C16H21NO2S. The van der Waals surface area contributed by atoms with Crippen LogP contribution in [-0.2, 0) is 0 Å². The van der Waals surface area contributed by atoms with Crippen LogP contribution in [-0.4, -0.2) is 16.8 Å². The van der Waals surface area contributed by atoms with Crippen molar-refractivity contribution in [3.05, 3.63) is 29.3 Å². The second-order valence-corrected chi connectivity index (χ2v) is 6.75. The van der Waals surface area contributed by atoms with Crippen LogP contribution in [0.3, 0.4) is 0 Å². The number of carboxylic acid groups (broad SMARTS) is 1. The molecule has 4 heteroatoms. The van der Waals surface area contributed by atoms with Gasteiger partial charge in [0, 0.05) is 4.90 Å². The first-order valence-electron chi connectivity index (χ1n) is 6.74. The molecule has 0 aliphatic rings. The van der Waals surface area contributed by atoms with Gasteiger partial charge in [0.1, 0.15) is 0 Å². The molecule has 3 nitrogen and oxygen atoms in total. The molecule has 0 spiro atoms. The van der Waals surface area contributed by atoms with Crippen LogP contribution in [0.25, 0.3) is 0 Å². The Hall–Kier alpha value is -1.47. The van der Waals surface area contributed by atoms with Crippen molar-refractivity contribution in [1.29, 1.82) is 5.26 Å². The van der Waals surface area contributed by atoms with Crippen LogP contribution < -0.4 is 0 Å². The highest BCUT2D eigenvalue weighted by molar-refractivity contribution is 7.99. The summed E-state index contributed by atoms with van der Waals surface area (Å²) in [6.07, 6.45) is 2.95. The number of hydrogen-bond donors (Lipinski definition) is 1. The zero-order chi connectivity index (χ0) is 15.2. The highest BCUT2D eigenvalue weighted by atomic mass is 32.2. The third-order valence-electron chi connectivity index (χ3n) is 3.21. The van der Waals surface area contributed by atoms with E-state index in [-0.39, 0.29) is 5.41 Å². The zero-order valence-electron chi connectivity index (χ0n) is 12.3. The van der Waals surface area contributed by atoms with Gasteiger partial charge in [0.25, 0.3) is 0 Å². The summed E-state index contributed by atoms with van der Waals surface area (Å²) in [7, 11) is 0. The average molecular weight is 291 g/mol. The molecule has 1 N–H and O–H groups in total. The molecule has 20 heavy (non-hydrogen) atoms. The van der Waals surface area contributed by atoms with Crippen molar-refractivity contribution in [2.24, 2.45) is 5.41 Å². The number of hydrogen-bond acceptors (Lipinski definition) is 3. The van der Waals surface area contributed by atoms with E-state index in [9.17, 15) is 4.79 Å². The van der Waals surface area contributed by atoms with E-state index in [0.717, 1.165) is 35.5 Å². The summed E-state index contributed by atoms with van der Waals surface area (Å²) < 4.78 is 0. The summed E-state index contributed by atoms with van der Waals surface area (Å²) in [6, 6.07) is 7.86. The molecule has 0 radical (unpaired) electrons. The lowest BCUT2D eigenvalue weighted by Gasteiger charge is -2.14. The van der Waals surface area contributed by atoms with E-state index >= 15 is 0 Å². The third-order valence-corrected chi connectivity index (χ3v) is 4.29. The number of nitriles is 1. The van der Waals surface area contributed by atoms with Gasteiger partial charge >= 0.3 is 5.97 Å². The van der Waals surface area contributed by atoms with Gasteiger partial charge in [-0.1, -0.05) is 12.5 Å². The molecule has 0 aliphatic heterocycles. The second-order valence-electron chi connectivity index (χ2n) is 5.58. The number of nitrogens with zero attached hydrogens (tertiary/aromatic N) is 1. The van der Waals surface area contributed by atoms with Gasteiger partial charge in [0.15, 0.2) is 0 Å². The maximum atomic E-state index is 11.1. The minimum atomic E-state index is -0.874. The Labute approximate surface area is 125 Å². The van der Waals surface area contributed by atoms with Crippen LogP contribution in [0.1, 0.15) is 49.0 Å². The standard InChI is InChI=1S/C16H21NO2S/c1-12-6-7-13(10-14(12)15(18)19)20-9-5-4-8-16(2,3)11-17/h6-7,10H,4-5,8-9H2,1-3H3,(H,18,19). The molecule has 0 fully saturated rings. The number of rotatable bonds is 7. The van der Waals surface area contributed by atoms with Gasteiger partial charge in [-0.25, -0.2) is 4.79 Å². The van der Waals surface area contributed by atoms with Crippen LogP contribution in [0.15, 0.2) is 23.1 Å². The number of carbonyl (C=O) groups is 1. The van der Waals surface area contributed by atoms with Gasteiger partial charge in [-0.15, -0.1) is 11.8 Å². The number of thioether (sulfide) groups is 1. The van der Waals surface area contributed by atoms with Crippen molar-refractivity contribution in [2.45, 2.75) is 44.9 Å². The van der Waals surface area contributed by atoms with E-state index in [1.165, 1.54) is 0 Å². The minimum Gasteiger partial charge on any atom is -0.478 e. The van der Waals surface area contributed by atoms with Gasteiger partial charge in [-0.3, -0.25) is 0 Å². The molecule has 0 saturated heterocycles. The first-order valence-corrected chi connectivity index (χ1v) is 7.72. The summed E-state index contributed by atoms with van der Waals surface area (Å²) in [6.45, 7) is 5.72. The Bertz CT molecular complexity index is 518. The van der Waals surface area contributed by atoms with Gasteiger partial charge in [0.05, 0.1) is 17.0 Å². The number of unbranched alkanes of at least 4 members (excludes halogenated alkanes) is 1. The van der Waals surface area contributed by atoms with E-state index in [1.807, 2.05) is 32.9 Å². The van der Waals surface area contributed by atoms with Crippen LogP contribution in [0.4, 0.5) is 0 Å². The van der Waals surface area contributed by atoms with E-state index in [1.54, 1.807) is 17.8 Å². The van der Waals surface area contributed by atoms with E-state index in [0.29, 0.717) is 5.56 Å². The van der Waals surface area contributed by atoms with Crippen LogP contribution >= 0.6 is 11.8 Å². The SMILES string of the molecule is Cc1ccc(SCCCCC(C)(C)C#N)cc1C(=O)O. The number of carboxylic acids is 1. The third kappa shape index (κ3) is 5.26. The number of aryl methyl sites for hydroxylation is 1. The number of benzene rings is 1. The van der Waals surface area contributed by atoms with Crippen molar-refractivity contribution >= 4 is 17.7 Å². The van der Waals surface area contributed by atoms with Crippen molar-refractivity contribution in [3.8, 4) is 6.07 Å². The Morgan fingerprint density at radius 3 is 2.70 bits per heavy atom. The minimum absolute atomic E-state index is 0.245. The summed E-state index contributed by atoms with van der Waals surface area (Å²) >= 11 is 1.67. The first-order chi connectivity index (χ1) is 9.35. The van der Waals surface area contributed by atoms with Crippen LogP contribution in [0.2, 0.25) is 0 Å². The summed E-state index contributed by atoms with van der Waals surface area (Å²) in [5, 5.41) is 18.0. The van der Waals surface area contributed by atoms with Crippen LogP contribution in [0, 0.1) is 23.7 Å². The molecule has 0 heterocycles. The van der Waals surface area contributed by atoms with Crippen molar-refractivity contribution in [3.63, 3.8) is 0 Å². The van der Waals surface area contributed by atoms with E-state index < -0.39 is 5.97 Å².